The minimum absolute atomic E-state index is 0.0762. The van der Waals surface area contributed by atoms with Crippen LogP contribution in [0.5, 0.6) is 0 Å². The molecule has 0 N–H and O–H groups in total. The molecule has 1 heterocycles. The second-order valence-corrected chi connectivity index (χ2v) is 5.14. The summed E-state index contributed by atoms with van der Waals surface area (Å²) in [4.78, 5) is 7.44. The van der Waals surface area contributed by atoms with Crippen molar-refractivity contribution < 1.29 is 4.84 Å². The molecule has 0 amide bonds. The highest BCUT2D eigenvalue weighted by Crippen LogP contribution is 2.29. The maximum absolute atomic E-state index is 6.13. The van der Waals surface area contributed by atoms with Gasteiger partial charge in [0.15, 0.2) is 0 Å². The van der Waals surface area contributed by atoms with Gasteiger partial charge in [-0.2, -0.15) is 0 Å². The Balaban J connectivity index is 2.15. The minimum atomic E-state index is 0.0762. The number of nitrogens with zero attached hydrogens (tertiary/aromatic N) is 2. The van der Waals surface area contributed by atoms with Crippen molar-refractivity contribution in [3.63, 3.8) is 0 Å². The van der Waals surface area contributed by atoms with E-state index in [-0.39, 0.29) is 6.10 Å². The first-order chi connectivity index (χ1) is 8.08. The lowest BCUT2D eigenvalue weighted by atomic mass is 10.0. The Morgan fingerprint density at radius 2 is 2.00 bits per heavy atom. The van der Waals surface area contributed by atoms with E-state index < -0.39 is 0 Å². The van der Waals surface area contributed by atoms with Gasteiger partial charge in [-0.1, -0.05) is 34.4 Å². The van der Waals surface area contributed by atoms with Crippen LogP contribution in [0.15, 0.2) is 23.4 Å². The van der Waals surface area contributed by atoms with Crippen LogP contribution in [0, 0.1) is 0 Å². The van der Waals surface area contributed by atoms with Crippen molar-refractivity contribution in [3.05, 3.63) is 33.8 Å². The highest BCUT2D eigenvalue weighted by Gasteiger charge is 2.25. The maximum atomic E-state index is 6.13. The van der Waals surface area contributed by atoms with Gasteiger partial charge in [-0.15, -0.1) is 0 Å². The van der Waals surface area contributed by atoms with E-state index in [4.69, 9.17) is 28.0 Å². The fraction of sp³-hybridized carbons (Fsp3) is 0.417. The van der Waals surface area contributed by atoms with Crippen LogP contribution in [0.4, 0.5) is 0 Å². The molecule has 0 saturated heterocycles. The van der Waals surface area contributed by atoms with Crippen molar-refractivity contribution in [2.24, 2.45) is 5.16 Å². The van der Waals surface area contributed by atoms with Crippen LogP contribution in [0.1, 0.15) is 12.0 Å². The lowest BCUT2D eigenvalue weighted by Crippen LogP contribution is -2.26. The first kappa shape index (κ1) is 12.7. The number of hydrogen-bond donors (Lipinski definition) is 0. The number of rotatable bonds is 3. The van der Waals surface area contributed by atoms with E-state index in [9.17, 15) is 0 Å². The molecule has 0 aliphatic carbocycles. The summed E-state index contributed by atoms with van der Waals surface area (Å²) in [5, 5.41) is 5.32. The highest BCUT2D eigenvalue weighted by molar-refractivity contribution is 6.40. The van der Waals surface area contributed by atoms with Gasteiger partial charge in [-0.25, -0.2) is 0 Å². The molecule has 0 saturated carbocycles. The summed E-state index contributed by atoms with van der Waals surface area (Å²) in [5.41, 5.74) is 1.62. The van der Waals surface area contributed by atoms with Gasteiger partial charge in [0, 0.05) is 18.5 Å². The van der Waals surface area contributed by atoms with Crippen molar-refractivity contribution >= 4 is 28.9 Å². The van der Waals surface area contributed by atoms with Gasteiger partial charge in [0.2, 0.25) is 0 Å². The quantitative estimate of drug-likeness (QED) is 0.845. The van der Waals surface area contributed by atoms with Crippen LogP contribution in [-0.2, 0) is 4.84 Å². The topological polar surface area (TPSA) is 24.8 Å². The van der Waals surface area contributed by atoms with Gasteiger partial charge in [-0.05, 0) is 26.2 Å². The minimum Gasteiger partial charge on any atom is -0.390 e. The van der Waals surface area contributed by atoms with E-state index in [0.717, 1.165) is 24.2 Å². The molecule has 0 spiro atoms. The van der Waals surface area contributed by atoms with Crippen LogP contribution in [-0.4, -0.2) is 37.4 Å². The Hall–Kier alpha value is -0.770. The molecular formula is C12H14Cl2N2O. The van der Waals surface area contributed by atoms with Gasteiger partial charge in [0.05, 0.1) is 15.8 Å². The molecule has 0 radical (unpaired) electrons. The third-order valence-corrected chi connectivity index (χ3v) is 3.18. The van der Waals surface area contributed by atoms with Crippen LogP contribution < -0.4 is 0 Å². The smallest absolute Gasteiger partial charge is 0.145 e. The molecule has 0 aromatic heterocycles. The van der Waals surface area contributed by atoms with E-state index in [1.807, 2.05) is 32.3 Å². The maximum Gasteiger partial charge on any atom is 0.145 e. The van der Waals surface area contributed by atoms with E-state index in [2.05, 4.69) is 10.1 Å². The molecule has 0 unspecified atom stereocenters. The van der Waals surface area contributed by atoms with Crippen LogP contribution in [0.2, 0.25) is 10.0 Å². The molecule has 17 heavy (non-hydrogen) atoms. The predicted molar refractivity (Wildman–Crippen MR) is 71.0 cm³/mol. The molecule has 5 heteroatoms. The Bertz CT molecular complexity index is 426. The molecule has 2 rings (SSSR count). The lowest BCUT2D eigenvalue weighted by molar-refractivity contribution is 0.0650. The van der Waals surface area contributed by atoms with E-state index in [1.54, 1.807) is 0 Å². The molecule has 1 aliphatic heterocycles. The monoisotopic (exact) mass is 272 g/mol. The lowest BCUT2D eigenvalue weighted by Gasteiger charge is -2.13. The Kier molecular flexibility index (Phi) is 3.92. The fourth-order valence-corrected chi connectivity index (χ4v) is 2.47. The second kappa shape index (κ2) is 5.25. The normalized spacial score (nSPS) is 19.4. The van der Waals surface area contributed by atoms with Crippen LogP contribution in [0.25, 0.3) is 0 Å². The highest BCUT2D eigenvalue weighted by atomic mass is 35.5. The standard InChI is InChI=1S/C12H14Cl2N2O/c1-16(2)7-8-6-11(15-17-8)12-9(13)4-3-5-10(12)14/h3-5,8H,6-7H2,1-2H3/t8-/m0/s1. The van der Waals surface area contributed by atoms with Crippen LogP contribution >= 0.6 is 23.2 Å². The summed E-state index contributed by atoms with van der Waals surface area (Å²) in [5.74, 6) is 0. The molecule has 0 fully saturated rings. The van der Waals surface area contributed by atoms with Gasteiger partial charge >= 0.3 is 0 Å². The third kappa shape index (κ3) is 2.92. The van der Waals surface area contributed by atoms with Crippen molar-refractivity contribution in [2.45, 2.75) is 12.5 Å². The van der Waals surface area contributed by atoms with Gasteiger partial charge in [0.25, 0.3) is 0 Å². The first-order valence-electron chi connectivity index (χ1n) is 5.39. The summed E-state index contributed by atoms with van der Waals surface area (Å²) in [6.45, 7) is 0.828. The van der Waals surface area contributed by atoms with E-state index >= 15 is 0 Å². The van der Waals surface area contributed by atoms with Crippen molar-refractivity contribution in [1.29, 1.82) is 0 Å². The molecule has 1 aromatic carbocycles. The molecule has 1 atom stereocenters. The van der Waals surface area contributed by atoms with Gasteiger partial charge in [0.1, 0.15) is 6.10 Å². The largest absolute Gasteiger partial charge is 0.390 e. The van der Waals surface area contributed by atoms with Gasteiger partial charge < -0.3 is 9.74 Å². The summed E-state index contributed by atoms with van der Waals surface area (Å²) < 4.78 is 0. The zero-order chi connectivity index (χ0) is 12.4. The zero-order valence-corrected chi connectivity index (χ0v) is 11.3. The van der Waals surface area contributed by atoms with Crippen molar-refractivity contribution in [2.75, 3.05) is 20.6 Å². The number of likely N-dealkylation sites (N-methyl/N-ethyl adjacent to an activating group) is 1. The predicted octanol–water partition coefficient (Wildman–Crippen LogP) is 3.05. The summed E-state index contributed by atoms with van der Waals surface area (Å²) in [6.07, 6.45) is 0.814. The third-order valence-electron chi connectivity index (χ3n) is 2.55. The van der Waals surface area contributed by atoms with Crippen molar-refractivity contribution in [3.8, 4) is 0 Å². The fourth-order valence-electron chi connectivity index (χ4n) is 1.85. The SMILES string of the molecule is CN(C)C[C@@H]1CC(c2c(Cl)cccc2Cl)=NO1. The van der Waals surface area contributed by atoms with Crippen molar-refractivity contribution in [1.82, 2.24) is 4.90 Å². The van der Waals surface area contributed by atoms with Crippen LogP contribution in [0.3, 0.4) is 0 Å². The molecule has 3 nitrogen and oxygen atoms in total. The Morgan fingerprint density at radius 3 is 2.59 bits per heavy atom. The molecule has 0 bridgehead atoms. The summed E-state index contributed by atoms with van der Waals surface area (Å²) in [7, 11) is 4.01. The summed E-state index contributed by atoms with van der Waals surface area (Å²) >= 11 is 12.3. The molecule has 92 valence electrons. The second-order valence-electron chi connectivity index (χ2n) is 4.33. The molecule has 1 aliphatic rings. The average molecular weight is 273 g/mol. The van der Waals surface area contributed by atoms with E-state index in [0.29, 0.717) is 10.0 Å². The number of oxime groups is 1. The summed E-state index contributed by atoms with van der Waals surface area (Å²) in [6, 6.07) is 5.44. The number of benzene rings is 1. The average Bonchev–Trinajstić information content (AvgIpc) is 2.65. The number of hydrogen-bond acceptors (Lipinski definition) is 3. The number of halogens is 2. The Labute approximate surface area is 111 Å². The molecule has 1 aromatic rings. The van der Waals surface area contributed by atoms with E-state index in [1.165, 1.54) is 0 Å². The Morgan fingerprint density at radius 1 is 1.35 bits per heavy atom. The zero-order valence-electron chi connectivity index (χ0n) is 9.78. The molecular weight excluding hydrogens is 259 g/mol. The first-order valence-corrected chi connectivity index (χ1v) is 6.15. The van der Waals surface area contributed by atoms with Gasteiger partial charge in [-0.3, -0.25) is 0 Å².